The van der Waals surface area contributed by atoms with E-state index >= 15 is 0 Å². The van der Waals surface area contributed by atoms with E-state index in [1.807, 2.05) is 38.4 Å². The third-order valence-corrected chi connectivity index (χ3v) is 3.97. The lowest BCUT2D eigenvalue weighted by Gasteiger charge is -2.11. The van der Waals surface area contributed by atoms with Gasteiger partial charge in [-0.05, 0) is 56.1 Å². The van der Waals surface area contributed by atoms with Gasteiger partial charge in [0.05, 0.1) is 5.02 Å². The van der Waals surface area contributed by atoms with Crippen molar-refractivity contribution in [3.8, 4) is 0 Å². The lowest BCUT2D eigenvalue weighted by molar-refractivity contribution is 0.104. The summed E-state index contributed by atoms with van der Waals surface area (Å²) >= 11 is 11.9. The summed E-state index contributed by atoms with van der Waals surface area (Å²) in [6.07, 6.45) is 3.29. The maximum atomic E-state index is 12.2. The van der Waals surface area contributed by atoms with Crippen LogP contribution in [0.5, 0.6) is 0 Å². The van der Waals surface area contributed by atoms with Crippen LogP contribution < -0.4 is 5.32 Å². The van der Waals surface area contributed by atoms with Gasteiger partial charge in [-0.15, -0.1) is 0 Å². The average molecular weight is 363 g/mol. The van der Waals surface area contributed by atoms with E-state index in [1.165, 1.54) is 6.08 Å². The monoisotopic (exact) mass is 362 g/mol. The molecule has 0 saturated carbocycles. The van der Waals surface area contributed by atoms with Crippen LogP contribution in [0.1, 0.15) is 15.9 Å². The number of hydrogen-bond acceptors (Lipinski definition) is 3. The van der Waals surface area contributed by atoms with E-state index in [1.54, 1.807) is 24.3 Å². The molecule has 0 aliphatic carbocycles. The van der Waals surface area contributed by atoms with Gasteiger partial charge >= 0.3 is 0 Å². The van der Waals surface area contributed by atoms with Gasteiger partial charge in [-0.2, -0.15) is 0 Å². The number of rotatable bonds is 7. The minimum absolute atomic E-state index is 0.148. The molecule has 5 heteroatoms. The molecule has 0 aromatic heterocycles. The first-order valence-corrected chi connectivity index (χ1v) is 8.37. The maximum Gasteiger partial charge on any atom is 0.187 e. The normalized spacial score (nSPS) is 11.2. The molecule has 0 aliphatic rings. The largest absolute Gasteiger partial charge is 0.384 e. The second-order valence-corrected chi connectivity index (χ2v) is 6.52. The molecule has 0 bridgehead atoms. The van der Waals surface area contributed by atoms with Gasteiger partial charge in [-0.1, -0.05) is 41.4 Å². The summed E-state index contributed by atoms with van der Waals surface area (Å²) in [4.78, 5) is 14.3. The third-order valence-electron chi connectivity index (χ3n) is 3.42. The number of allylic oxidation sites excluding steroid dienone is 1. The van der Waals surface area contributed by atoms with Crippen LogP contribution in [0.3, 0.4) is 0 Å². The van der Waals surface area contributed by atoms with Gasteiger partial charge in [0.1, 0.15) is 0 Å². The summed E-state index contributed by atoms with van der Waals surface area (Å²) in [7, 11) is 4.08. The number of benzene rings is 2. The predicted octanol–water partition coefficient (Wildman–Crippen LogP) is 4.86. The Morgan fingerprint density at radius 3 is 2.46 bits per heavy atom. The van der Waals surface area contributed by atoms with Crippen LogP contribution in [0.2, 0.25) is 10.0 Å². The highest BCUT2D eigenvalue weighted by Gasteiger charge is 2.07. The van der Waals surface area contributed by atoms with Crippen LogP contribution in [0.4, 0.5) is 5.69 Å². The topological polar surface area (TPSA) is 32.3 Å². The molecule has 2 aromatic rings. The highest BCUT2D eigenvalue weighted by molar-refractivity contribution is 6.37. The SMILES string of the molecule is CN(C)CCNc1ccc(/C=C/C(=O)c2ccc(Cl)cc2Cl)cc1. The molecule has 0 aliphatic heterocycles. The lowest BCUT2D eigenvalue weighted by atomic mass is 10.1. The van der Waals surface area contributed by atoms with Crippen LogP contribution in [-0.4, -0.2) is 37.9 Å². The molecule has 126 valence electrons. The Morgan fingerprint density at radius 1 is 1.12 bits per heavy atom. The summed E-state index contributed by atoms with van der Waals surface area (Å²) < 4.78 is 0. The van der Waals surface area contributed by atoms with Crippen LogP contribution in [-0.2, 0) is 0 Å². The molecule has 2 aromatic carbocycles. The van der Waals surface area contributed by atoms with Crippen molar-refractivity contribution in [2.75, 3.05) is 32.5 Å². The van der Waals surface area contributed by atoms with Gasteiger partial charge in [0.25, 0.3) is 0 Å². The Labute approximate surface area is 152 Å². The summed E-state index contributed by atoms with van der Waals surface area (Å²) in [5, 5.41) is 4.21. The highest BCUT2D eigenvalue weighted by Crippen LogP contribution is 2.22. The summed E-state index contributed by atoms with van der Waals surface area (Å²) in [6, 6.07) is 12.8. The Bertz CT molecular complexity index is 725. The van der Waals surface area contributed by atoms with E-state index in [4.69, 9.17) is 23.2 Å². The molecule has 24 heavy (non-hydrogen) atoms. The van der Waals surface area contributed by atoms with Gasteiger partial charge in [-0.25, -0.2) is 0 Å². The zero-order valence-corrected chi connectivity index (χ0v) is 15.2. The molecular formula is C19H20Cl2N2O. The minimum Gasteiger partial charge on any atom is -0.384 e. The van der Waals surface area contributed by atoms with Crippen molar-refractivity contribution in [1.29, 1.82) is 0 Å². The van der Waals surface area contributed by atoms with E-state index in [0.717, 1.165) is 24.3 Å². The summed E-state index contributed by atoms with van der Waals surface area (Å²) in [5.41, 5.74) is 2.45. The second kappa shape index (κ2) is 8.88. The standard InChI is InChI=1S/C19H20Cl2N2O/c1-23(2)12-11-22-16-7-3-14(4-8-16)5-10-19(24)17-9-6-15(20)13-18(17)21/h3-10,13,22H,11-12H2,1-2H3/b10-5+. The molecule has 0 atom stereocenters. The van der Waals surface area contributed by atoms with Crippen molar-refractivity contribution in [1.82, 2.24) is 4.90 Å². The molecule has 0 amide bonds. The molecule has 3 nitrogen and oxygen atoms in total. The molecule has 0 heterocycles. The van der Waals surface area contributed by atoms with E-state index in [9.17, 15) is 4.79 Å². The molecule has 2 rings (SSSR count). The number of ketones is 1. The van der Waals surface area contributed by atoms with E-state index in [0.29, 0.717) is 15.6 Å². The van der Waals surface area contributed by atoms with Crippen molar-refractivity contribution < 1.29 is 4.79 Å². The lowest BCUT2D eigenvalue weighted by Crippen LogP contribution is -2.20. The zero-order valence-electron chi connectivity index (χ0n) is 13.7. The summed E-state index contributed by atoms with van der Waals surface area (Å²) in [5.74, 6) is -0.148. The number of anilines is 1. The third kappa shape index (κ3) is 5.68. The highest BCUT2D eigenvalue weighted by atomic mass is 35.5. The molecule has 0 spiro atoms. The number of carbonyl (C=O) groups excluding carboxylic acids is 1. The van der Waals surface area contributed by atoms with Crippen LogP contribution in [0.15, 0.2) is 48.5 Å². The fourth-order valence-electron chi connectivity index (χ4n) is 2.09. The first kappa shape index (κ1) is 18.5. The minimum atomic E-state index is -0.148. The van der Waals surface area contributed by atoms with Gasteiger partial charge in [0, 0.05) is 29.4 Å². The molecule has 0 fully saturated rings. The number of nitrogens with zero attached hydrogens (tertiary/aromatic N) is 1. The van der Waals surface area contributed by atoms with Gasteiger partial charge < -0.3 is 10.2 Å². The van der Waals surface area contributed by atoms with Crippen molar-refractivity contribution >= 4 is 40.7 Å². The number of halogens is 2. The smallest absolute Gasteiger partial charge is 0.187 e. The Hall–Kier alpha value is -1.81. The number of nitrogens with one attached hydrogen (secondary N) is 1. The number of carbonyl (C=O) groups is 1. The maximum absolute atomic E-state index is 12.2. The first-order chi connectivity index (χ1) is 11.5. The van der Waals surface area contributed by atoms with E-state index < -0.39 is 0 Å². The van der Waals surface area contributed by atoms with E-state index in [2.05, 4.69) is 10.2 Å². The fourth-order valence-corrected chi connectivity index (χ4v) is 2.59. The Morgan fingerprint density at radius 2 is 1.83 bits per heavy atom. The van der Waals surface area contributed by atoms with Crippen molar-refractivity contribution in [3.63, 3.8) is 0 Å². The van der Waals surface area contributed by atoms with Crippen molar-refractivity contribution in [2.24, 2.45) is 0 Å². The van der Waals surface area contributed by atoms with E-state index in [-0.39, 0.29) is 5.78 Å². The Balaban J connectivity index is 1.97. The number of likely N-dealkylation sites (N-methyl/N-ethyl adjacent to an activating group) is 1. The van der Waals surface area contributed by atoms with Crippen LogP contribution in [0, 0.1) is 0 Å². The zero-order chi connectivity index (χ0) is 17.5. The van der Waals surface area contributed by atoms with Gasteiger partial charge in [0.2, 0.25) is 0 Å². The van der Waals surface area contributed by atoms with Crippen molar-refractivity contribution in [2.45, 2.75) is 0 Å². The molecule has 1 N–H and O–H groups in total. The van der Waals surface area contributed by atoms with Gasteiger partial charge in [-0.3, -0.25) is 4.79 Å². The quantitative estimate of drug-likeness (QED) is 0.563. The summed E-state index contributed by atoms with van der Waals surface area (Å²) in [6.45, 7) is 1.85. The number of hydrogen-bond donors (Lipinski definition) is 1. The predicted molar refractivity (Wildman–Crippen MR) is 103 cm³/mol. The molecular weight excluding hydrogens is 343 g/mol. The van der Waals surface area contributed by atoms with Crippen LogP contribution >= 0.6 is 23.2 Å². The average Bonchev–Trinajstić information content (AvgIpc) is 2.53. The van der Waals surface area contributed by atoms with Crippen LogP contribution in [0.25, 0.3) is 6.08 Å². The molecule has 0 saturated heterocycles. The molecule has 0 unspecified atom stereocenters. The van der Waals surface area contributed by atoms with Crippen molar-refractivity contribution in [3.05, 3.63) is 69.7 Å². The Kier molecular flexibility index (Phi) is 6.85. The second-order valence-electron chi connectivity index (χ2n) is 5.67. The fraction of sp³-hybridized carbons (Fsp3) is 0.211. The van der Waals surface area contributed by atoms with Gasteiger partial charge in [0.15, 0.2) is 5.78 Å². The molecule has 0 radical (unpaired) electrons. The first-order valence-electron chi connectivity index (χ1n) is 7.62.